The SMILES string of the molecule is CC(C)[C@@H](C)C=C[C@@H](C)[C@H]1CC[C@H]2C3=CC=C4CC(O)C(CCCCCCCCC/C=C/C(=O)O)C[C@]4(C)[C@H]3CC[C@]12C. The molecule has 4 aliphatic rings. The Kier molecular flexibility index (Phi) is 12.0. The van der Waals surface area contributed by atoms with Crippen LogP contribution in [0, 0.1) is 52.3 Å². The fourth-order valence-electron chi connectivity index (χ4n) is 9.81. The zero-order chi connectivity index (χ0) is 31.2. The smallest absolute Gasteiger partial charge is 0.327 e. The molecule has 43 heavy (non-hydrogen) atoms. The van der Waals surface area contributed by atoms with E-state index in [9.17, 15) is 9.90 Å². The number of carbonyl (C=O) groups is 1. The highest BCUT2D eigenvalue weighted by Crippen LogP contribution is 2.66. The monoisotopic (exact) mass is 592 g/mol. The minimum Gasteiger partial charge on any atom is -0.478 e. The van der Waals surface area contributed by atoms with Gasteiger partial charge < -0.3 is 10.2 Å². The Balaban J connectivity index is 1.29. The molecule has 2 unspecified atom stereocenters. The van der Waals surface area contributed by atoms with E-state index in [1.807, 2.05) is 0 Å². The molecule has 0 aromatic rings. The van der Waals surface area contributed by atoms with Gasteiger partial charge >= 0.3 is 5.97 Å². The third-order valence-electron chi connectivity index (χ3n) is 12.9. The van der Waals surface area contributed by atoms with Crippen LogP contribution < -0.4 is 0 Å². The molecule has 0 aromatic heterocycles. The Hall–Kier alpha value is -1.61. The first-order valence-electron chi connectivity index (χ1n) is 18.1. The summed E-state index contributed by atoms with van der Waals surface area (Å²) in [5, 5.41) is 19.9. The van der Waals surface area contributed by atoms with Gasteiger partial charge in [-0.2, -0.15) is 0 Å². The number of allylic oxidation sites excluding steroid dienone is 6. The largest absolute Gasteiger partial charge is 0.478 e. The van der Waals surface area contributed by atoms with Crippen molar-refractivity contribution >= 4 is 5.97 Å². The molecule has 9 atom stereocenters. The first-order chi connectivity index (χ1) is 20.5. The number of hydrogen-bond donors (Lipinski definition) is 2. The summed E-state index contributed by atoms with van der Waals surface area (Å²) in [6.07, 6.45) is 30.9. The summed E-state index contributed by atoms with van der Waals surface area (Å²) in [7, 11) is 0. The summed E-state index contributed by atoms with van der Waals surface area (Å²) in [4.78, 5) is 10.5. The van der Waals surface area contributed by atoms with Crippen molar-refractivity contribution in [1.29, 1.82) is 0 Å². The average Bonchev–Trinajstić information content (AvgIpc) is 3.32. The van der Waals surface area contributed by atoms with E-state index in [2.05, 4.69) is 65.8 Å². The van der Waals surface area contributed by atoms with E-state index in [-0.39, 0.29) is 11.5 Å². The second-order valence-electron chi connectivity index (χ2n) is 16.0. The topological polar surface area (TPSA) is 57.5 Å². The standard InChI is InChI=1S/C40H64O3/c1-28(2)29(3)18-19-30(4)34-22-23-35-33-21-20-32-26-37(41)31(27-40(32,6)36(33)24-25-39(34,35)5)16-14-12-10-8-7-9-11-13-15-17-38(42)43/h15,17-21,28-31,34-37,41H,7-14,16,22-27H2,1-6H3,(H,42,43)/b17-15+,19-18?/t29-,30+,31?,34+,35-,36-,37?,39+,40-/m0/s1. The predicted molar refractivity (Wildman–Crippen MR) is 181 cm³/mol. The van der Waals surface area contributed by atoms with Gasteiger partial charge in [-0.05, 0) is 110 Å². The van der Waals surface area contributed by atoms with Crippen molar-refractivity contribution in [3.05, 3.63) is 47.6 Å². The van der Waals surface area contributed by atoms with E-state index in [0.717, 1.165) is 43.9 Å². The first kappa shape index (κ1) is 34.3. The molecule has 0 amide bonds. The molecule has 0 spiro atoms. The molecule has 3 saturated carbocycles. The van der Waals surface area contributed by atoms with Gasteiger partial charge in [0.1, 0.15) is 0 Å². The summed E-state index contributed by atoms with van der Waals surface area (Å²) in [5.41, 5.74) is 3.93. The lowest BCUT2D eigenvalue weighted by atomic mass is 9.49. The molecule has 4 aliphatic carbocycles. The van der Waals surface area contributed by atoms with Gasteiger partial charge in [0.25, 0.3) is 0 Å². The number of aliphatic hydroxyl groups excluding tert-OH is 1. The van der Waals surface area contributed by atoms with E-state index in [0.29, 0.717) is 35.0 Å². The Bertz CT molecular complexity index is 1050. The van der Waals surface area contributed by atoms with E-state index in [4.69, 9.17) is 5.11 Å². The molecular weight excluding hydrogens is 528 g/mol. The summed E-state index contributed by atoms with van der Waals surface area (Å²) >= 11 is 0. The molecule has 0 aliphatic heterocycles. The molecule has 3 nitrogen and oxygen atoms in total. The molecule has 2 N–H and O–H groups in total. The van der Waals surface area contributed by atoms with Crippen LogP contribution >= 0.6 is 0 Å². The van der Waals surface area contributed by atoms with Crippen LogP contribution in [-0.4, -0.2) is 22.3 Å². The molecule has 242 valence electrons. The van der Waals surface area contributed by atoms with E-state index >= 15 is 0 Å². The van der Waals surface area contributed by atoms with Gasteiger partial charge in [0.05, 0.1) is 6.10 Å². The van der Waals surface area contributed by atoms with Crippen LogP contribution in [-0.2, 0) is 4.79 Å². The van der Waals surface area contributed by atoms with Crippen molar-refractivity contribution < 1.29 is 15.0 Å². The van der Waals surface area contributed by atoms with Crippen LogP contribution in [0.5, 0.6) is 0 Å². The maximum atomic E-state index is 11.2. The highest BCUT2D eigenvalue weighted by atomic mass is 16.4. The highest BCUT2D eigenvalue weighted by molar-refractivity contribution is 5.79. The van der Waals surface area contributed by atoms with Crippen molar-refractivity contribution in [2.75, 3.05) is 0 Å². The normalized spacial score (nSPS) is 35.4. The summed E-state index contributed by atoms with van der Waals surface area (Å²) in [6.45, 7) is 14.7. The van der Waals surface area contributed by atoms with Crippen LogP contribution in [0.1, 0.15) is 138 Å². The number of aliphatic hydroxyl groups is 1. The molecular formula is C40H64O3. The van der Waals surface area contributed by atoms with Gasteiger partial charge in [0.15, 0.2) is 0 Å². The molecule has 0 saturated heterocycles. The molecule has 3 fully saturated rings. The molecule has 0 aromatic carbocycles. The zero-order valence-corrected chi connectivity index (χ0v) is 28.5. The summed E-state index contributed by atoms with van der Waals surface area (Å²) in [5.74, 6) is 3.75. The van der Waals surface area contributed by atoms with E-state index < -0.39 is 5.97 Å². The number of carboxylic acid groups (broad SMARTS) is 1. The lowest BCUT2D eigenvalue weighted by molar-refractivity contribution is -0.131. The van der Waals surface area contributed by atoms with Gasteiger partial charge in [-0.3, -0.25) is 0 Å². The molecule has 0 radical (unpaired) electrons. The van der Waals surface area contributed by atoms with E-state index in [1.165, 1.54) is 75.9 Å². The number of unbranched alkanes of at least 4 members (excludes halogenated alkanes) is 7. The van der Waals surface area contributed by atoms with Gasteiger partial charge in [0, 0.05) is 6.08 Å². The number of aliphatic carboxylic acids is 1. The lowest BCUT2D eigenvalue weighted by Crippen LogP contribution is -2.48. The maximum absolute atomic E-state index is 11.2. The zero-order valence-electron chi connectivity index (χ0n) is 28.5. The predicted octanol–water partition coefficient (Wildman–Crippen LogP) is 10.7. The second-order valence-corrected chi connectivity index (χ2v) is 16.0. The van der Waals surface area contributed by atoms with Crippen molar-refractivity contribution in [2.45, 2.75) is 144 Å². The fraction of sp³-hybridized carbons (Fsp3) is 0.775. The van der Waals surface area contributed by atoms with E-state index in [1.54, 1.807) is 11.6 Å². The Morgan fingerprint density at radius 2 is 1.63 bits per heavy atom. The molecule has 0 heterocycles. The first-order valence-corrected chi connectivity index (χ1v) is 18.1. The van der Waals surface area contributed by atoms with Crippen LogP contribution in [0.2, 0.25) is 0 Å². The third kappa shape index (κ3) is 7.98. The third-order valence-corrected chi connectivity index (χ3v) is 12.9. The average molecular weight is 593 g/mol. The second kappa shape index (κ2) is 15.1. The number of carboxylic acids is 1. The molecule has 4 rings (SSSR count). The van der Waals surface area contributed by atoms with Crippen molar-refractivity contribution in [3.63, 3.8) is 0 Å². The van der Waals surface area contributed by atoms with Crippen LogP contribution in [0.15, 0.2) is 47.6 Å². The summed E-state index contributed by atoms with van der Waals surface area (Å²) in [6, 6.07) is 0. The minimum atomic E-state index is -0.848. The Morgan fingerprint density at radius 1 is 0.930 bits per heavy atom. The van der Waals surface area contributed by atoms with Crippen molar-refractivity contribution in [1.82, 2.24) is 0 Å². The van der Waals surface area contributed by atoms with Gasteiger partial charge in [-0.25, -0.2) is 4.79 Å². The van der Waals surface area contributed by atoms with Crippen molar-refractivity contribution in [2.24, 2.45) is 52.3 Å². The number of rotatable bonds is 15. The number of hydrogen-bond acceptors (Lipinski definition) is 2. The van der Waals surface area contributed by atoms with Gasteiger partial charge in [-0.15, -0.1) is 0 Å². The summed E-state index contributed by atoms with van der Waals surface area (Å²) < 4.78 is 0. The Morgan fingerprint density at radius 3 is 2.33 bits per heavy atom. The van der Waals surface area contributed by atoms with Gasteiger partial charge in [-0.1, -0.05) is 122 Å². The quantitative estimate of drug-likeness (QED) is 0.113. The minimum absolute atomic E-state index is 0.182. The van der Waals surface area contributed by atoms with Crippen LogP contribution in [0.25, 0.3) is 0 Å². The highest BCUT2D eigenvalue weighted by Gasteiger charge is 2.57. The number of fused-ring (bicyclic) bond motifs is 5. The maximum Gasteiger partial charge on any atom is 0.327 e. The van der Waals surface area contributed by atoms with Crippen molar-refractivity contribution in [3.8, 4) is 0 Å². The van der Waals surface area contributed by atoms with Crippen LogP contribution in [0.4, 0.5) is 0 Å². The lowest BCUT2D eigenvalue weighted by Gasteiger charge is -2.56. The Labute approximate surface area is 264 Å². The van der Waals surface area contributed by atoms with Gasteiger partial charge in [0.2, 0.25) is 0 Å². The molecule has 3 heteroatoms. The fourth-order valence-corrected chi connectivity index (χ4v) is 9.81. The van der Waals surface area contributed by atoms with Crippen LogP contribution in [0.3, 0.4) is 0 Å². The molecule has 0 bridgehead atoms.